The van der Waals surface area contributed by atoms with Crippen molar-refractivity contribution in [3.63, 3.8) is 0 Å². The van der Waals surface area contributed by atoms with E-state index in [1.54, 1.807) is 0 Å². The average Bonchev–Trinajstić information content (AvgIpc) is 2.47. The van der Waals surface area contributed by atoms with Gasteiger partial charge in [0.05, 0.1) is 0 Å². The monoisotopic (exact) mass is 282 g/mol. The van der Waals surface area contributed by atoms with Crippen molar-refractivity contribution in [2.24, 2.45) is 0 Å². The van der Waals surface area contributed by atoms with Gasteiger partial charge in [0.2, 0.25) is 0 Å². The molecule has 0 unspecified atom stereocenters. The molecule has 0 saturated heterocycles. The highest BCUT2D eigenvalue weighted by molar-refractivity contribution is 4.65. The van der Waals surface area contributed by atoms with E-state index in [1.807, 2.05) is 6.08 Å². The summed E-state index contributed by atoms with van der Waals surface area (Å²) in [4.78, 5) is 0. The molecule has 0 aliphatic heterocycles. The van der Waals surface area contributed by atoms with E-state index in [9.17, 15) is 0 Å². The van der Waals surface area contributed by atoms with Crippen molar-refractivity contribution in [3.8, 4) is 0 Å². The fraction of sp³-hybridized carbons (Fsp3) is 0.900. The topological polar surface area (TPSA) is 0 Å². The molecule has 0 aliphatic carbocycles. The van der Waals surface area contributed by atoms with E-state index in [2.05, 4.69) is 27.4 Å². The minimum Gasteiger partial charge on any atom is -0.103 e. The van der Waals surface area contributed by atoms with Crippen LogP contribution in [-0.4, -0.2) is 0 Å². The van der Waals surface area contributed by atoms with Crippen LogP contribution in [0.15, 0.2) is 12.7 Å². The Labute approximate surface area is 130 Å². The number of allylic oxidation sites excluding steroid dienone is 1. The van der Waals surface area contributed by atoms with E-state index in [4.69, 9.17) is 0 Å². The highest BCUT2D eigenvalue weighted by atomic mass is 14.0. The molecule has 0 heteroatoms. The number of rotatable bonds is 14. The summed E-state index contributed by atoms with van der Waals surface area (Å²) in [5.74, 6) is 0. The molecule has 0 heterocycles. The lowest BCUT2D eigenvalue weighted by molar-refractivity contribution is 0.578. The Morgan fingerprint density at radius 2 is 0.800 bits per heavy atom. The summed E-state index contributed by atoms with van der Waals surface area (Å²) >= 11 is 0. The molecule has 0 aliphatic rings. The van der Waals surface area contributed by atoms with Crippen LogP contribution in [0.5, 0.6) is 0 Å². The smallest absolute Gasteiger partial charge is 0.0353 e. The molecule has 0 atom stereocenters. The fourth-order valence-electron chi connectivity index (χ4n) is 2.28. The van der Waals surface area contributed by atoms with Gasteiger partial charge in [-0.05, 0) is 12.8 Å². The van der Waals surface area contributed by atoms with Crippen LogP contribution in [0.1, 0.15) is 117 Å². The maximum Gasteiger partial charge on any atom is -0.0353 e. The van der Waals surface area contributed by atoms with Crippen LogP contribution in [0.4, 0.5) is 0 Å². The average molecular weight is 283 g/mol. The highest BCUT2D eigenvalue weighted by Gasteiger charge is 1.89. The molecule has 0 nitrogen and oxygen atoms in total. The molecule has 0 spiro atoms. The zero-order valence-electron chi connectivity index (χ0n) is 14.9. The van der Waals surface area contributed by atoms with Gasteiger partial charge in [0.15, 0.2) is 0 Å². The summed E-state index contributed by atoms with van der Waals surface area (Å²) in [5.41, 5.74) is 0. The second-order valence-electron chi connectivity index (χ2n) is 5.97. The van der Waals surface area contributed by atoms with Crippen molar-refractivity contribution in [1.82, 2.24) is 0 Å². The van der Waals surface area contributed by atoms with Crippen LogP contribution in [0, 0.1) is 0 Å². The summed E-state index contributed by atoms with van der Waals surface area (Å²) in [7, 11) is 0. The SMILES string of the molecule is C=CCCCCCCCCCC.CCCCCCCC. The van der Waals surface area contributed by atoms with Gasteiger partial charge in [0, 0.05) is 0 Å². The minimum absolute atomic E-state index is 1.20. The normalized spacial score (nSPS) is 9.95. The molecule has 0 saturated carbocycles. The standard InChI is InChI=1S/C12H24.C8H18/c1-3-5-7-9-11-12-10-8-6-4-2;1-3-5-7-8-6-4-2/h3H,1,4-12H2,2H3;3-8H2,1-2H3. The maximum absolute atomic E-state index is 3.72. The van der Waals surface area contributed by atoms with Gasteiger partial charge in [0.1, 0.15) is 0 Å². The quantitative estimate of drug-likeness (QED) is 0.223. The van der Waals surface area contributed by atoms with Gasteiger partial charge in [-0.25, -0.2) is 0 Å². The second kappa shape index (κ2) is 23.8. The lowest BCUT2D eigenvalue weighted by atomic mass is 10.1. The molecule has 20 heavy (non-hydrogen) atoms. The molecule has 0 aromatic heterocycles. The Hall–Kier alpha value is -0.260. The van der Waals surface area contributed by atoms with Crippen molar-refractivity contribution in [2.75, 3.05) is 0 Å². The summed E-state index contributed by atoms with van der Waals surface area (Å²) < 4.78 is 0. The van der Waals surface area contributed by atoms with E-state index < -0.39 is 0 Å². The third-order valence-corrected chi connectivity index (χ3v) is 3.72. The highest BCUT2D eigenvalue weighted by Crippen LogP contribution is 2.09. The molecule has 0 amide bonds. The number of hydrogen-bond acceptors (Lipinski definition) is 0. The van der Waals surface area contributed by atoms with Gasteiger partial charge in [-0.2, -0.15) is 0 Å². The largest absolute Gasteiger partial charge is 0.103 e. The predicted molar refractivity (Wildman–Crippen MR) is 96.5 cm³/mol. The van der Waals surface area contributed by atoms with Crippen LogP contribution in [0.2, 0.25) is 0 Å². The van der Waals surface area contributed by atoms with Crippen LogP contribution >= 0.6 is 0 Å². The van der Waals surface area contributed by atoms with Crippen molar-refractivity contribution in [3.05, 3.63) is 12.7 Å². The van der Waals surface area contributed by atoms with E-state index >= 15 is 0 Å². The summed E-state index contributed by atoms with van der Waals surface area (Å²) in [5, 5.41) is 0. The molecule has 0 N–H and O–H groups in total. The third kappa shape index (κ3) is 26.3. The Morgan fingerprint density at radius 1 is 0.500 bits per heavy atom. The molecular formula is C20H42. The van der Waals surface area contributed by atoms with Gasteiger partial charge in [-0.3, -0.25) is 0 Å². The zero-order chi connectivity index (χ0) is 15.3. The van der Waals surface area contributed by atoms with Crippen LogP contribution in [-0.2, 0) is 0 Å². The number of hydrogen-bond donors (Lipinski definition) is 0. The van der Waals surface area contributed by atoms with Gasteiger partial charge < -0.3 is 0 Å². The third-order valence-electron chi connectivity index (χ3n) is 3.72. The molecule has 0 radical (unpaired) electrons. The van der Waals surface area contributed by atoms with E-state index in [1.165, 1.54) is 96.3 Å². The summed E-state index contributed by atoms with van der Waals surface area (Å²) in [6.07, 6.45) is 23.0. The minimum atomic E-state index is 1.20. The van der Waals surface area contributed by atoms with Crippen LogP contribution in [0.3, 0.4) is 0 Å². The van der Waals surface area contributed by atoms with E-state index in [0.29, 0.717) is 0 Å². The van der Waals surface area contributed by atoms with E-state index in [-0.39, 0.29) is 0 Å². The second-order valence-corrected chi connectivity index (χ2v) is 5.97. The Balaban J connectivity index is 0. The first-order valence-corrected chi connectivity index (χ1v) is 9.44. The lowest BCUT2D eigenvalue weighted by Crippen LogP contribution is -1.79. The molecule has 0 aromatic carbocycles. The Morgan fingerprint density at radius 3 is 1.10 bits per heavy atom. The van der Waals surface area contributed by atoms with Crippen molar-refractivity contribution < 1.29 is 0 Å². The predicted octanol–water partition coefficient (Wildman–Crippen LogP) is 8.07. The van der Waals surface area contributed by atoms with Crippen LogP contribution < -0.4 is 0 Å². The molecule has 0 aromatic rings. The van der Waals surface area contributed by atoms with Crippen LogP contribution in [0.25, 0.3) is 0 Å². The molecule has 0 rings (SSSR count). The van der Waals surface area contributed by atoms with Gasteiger partial charge in [-0.15, -0.1) is 6.58 Å². The Kier molecular flexibility index (Phi) is 26.2. The molecule has 122 valence electrons. The molecular weight excluding hydrogens is 240 g/mol. The molecule has 0 fully saturated rings. The van der Waals surface area contributed by atoms with Gasteiger partial charge in [0.25, 0.3) is 0 Å². The lowest BCUT2D eigenvalue weighted by Gasteiger charge is -1.99. The zero-order valence-corrected chi connectivity index (χ0v) is 14.9. The first-order valence-electron chi connectivity index (χ1n) is 9.44. The number of unbranched alkanes of at least 4 members (excludes halogenated alkanes) is 13. The molecule has 0 bridgehead atoms. The Bertz CT molecular complexity index is 142. The van der Waals surface area contributed by atoms with Crippen molar-refractivity contribution in [2.45, 2.75) is 117 Å². The van der Waals surface area contributed by atoms with Gasteiger partial charge >= 0.3 is 0 Å². The summed E-state index contributed by atoms with van der Waals surface area (Å²) in [6, 6.07) is 0. The summed E-state index contributed by atoms with van der Waals surface area (Å²) in [6.45, 7) is 10.5. The maximum atomic E-state index is 3.72. The first kappa shape index (κ1) is 22.0. The first-order chi connectivity index (χ1) is 9.83. The van der Waals surface area contributed by atoms with Crippen molar-refractivity contribution in [1.29, 1.82) is 0 Å². The van der Waals surface area contributed by atoms with Crippen molar-refractivity contribution >= 4 is 0 Å². The van der Waals surface area contributed by atoms with E-state index in [0.717, 1.165) is 0 Å². The fourth-order valence-corrected chi connectivity index (χ4v) is 2.28. The van der Waals surface area contributed by atoms with Gasteiger partial charge in [-0.1, -0.05) is 110 Å².